The second-order valence-electron chi connectivity index (χ2n) is 7.19. The zero-order valence-corrected chi connectivity index (χ0v) is 16.3. The fourth-order valence-corrected chi connectivity index (χ4v) is 2.21. The monoisotopic (exact) mass is 451 g/mol. The second kappa shape index (κ2) is 8.96. The lowest BCUT2D eigenvalue weighted by atomic mass is 10.1. The maximum atomic E-state index is 12.7. The summed E-state index contributed by atoms with van der Waals surface area (Å²) in [5.74, 6) is -1.29. The van der Waals surface area contributed by atoms with E-state index in [4.69, 9.17) is 0 Å². The summed E-state index contributed by atoms with van der Waals surface area (Å²) < 4.78 is 75.9. The Morgan fingerprint density at radius 2 is 1.71 bits per heavy atom. The number of halogens is 6. The van der Waals surface area contributed by atoms with Gasteiger partial charge < -0.3 is 10.4 Å². The first-order chi connectivity index (χ1) is 14.1. The van der Waals surface area contributed by atoms with Gasteiger partial charge in [0.2, 0.25) is 11.9 Å². The lowest BCUT2D eigenvalue weighted by molar-refractivity contribution is -0.141. The molecule has 170 valence electrons. The van der Waals surface area contributed by atoms with Crippen LogP contribution in [0.1, 0.15) is 30.7 Å². The number of alkyl halides is 6. The van der Waals surface area contributed by atoms with Gasteiger partial charge in [-0.15, -0.1) is 0 Å². The van der Waals surface area contributed by atoms with Crippen molar-refractivity contribution in [3.8, 4) is 0 Å². The molecule has 1 amide bonds. The van der Waals surface area contributed by atoms with Gasteiger partial charge in [-0.2, -0.15) is 31.4 Å². The summed E-state index contributed by atoms with van der Waals surface area (Å²) in [5.41, 5.74) is -3.02. The highest BCUT2D eigenvalue weighted by atomic mass is 19.4. The number of carbonyl (C=O) groups is 1. The summed E-state index contributed by atoms with van der Waals surface area (Å²) in [6, 6.07) is 4.57. The number of nitrogens with zero attached hydrogens (tertiary/aromatic N) is 2. The molecule has 1 aromatic heterocycles. The topological polar surface area (TPSA) is 102 Å². The average molecular weight is 451 g/mol. The number of guanidine groups is 1. The van der Waals surface area contributed by atoms with Crippen molar-refractivity contribution in [2.75, 3.05) is 11.9 Å². The number of aliphatic imine (C=N–C) groups is 1. The van der Waals surface area contributed by atoms with Crippen LogP contribution >= 0.6 is 0 Å². The predicted molar refractivity (Wildman–Crippen MR) is 99.1 cm³/mol. The van der Waals surface area contributed by atoms with E-state index in [-0.39, 0.29) is 30.3 Å². The molecule has 0 aliphatic carbocycles. The minimum atomic E-state index is -4.66. The number of aromatic nitrogens is 2. The van der Waals surface area contributed by atoms with Gasteiger partial charge in [-0.25, -0.2) is 4.99 Å². The molecule has 0 bridgehead atoms. The number of hydrogen-bond donors (Lipinski definition) is 4. The molecule has 0 radical (unpaired) electrons. The third-order valence-electron chi connectivity index (χ3n) is 3.66. The Hall–Kier alpha value is -3.09. The zero-order chi connectivity index (χ0) is 23.4. The number of amides is 1. The van der Waals surface area contributed by atoms with Crippen LogP contribution in [0.3, 0.4) is 0 Å². The molecule has 0 aliphatic rings. The Kier molecular flexibility index (Phi) is 6.99. The number of aromatic amines is 1. The van der Waals surface area contributed by atoms with E-state index in [1.165, 1.54) is 13.8 Å². The van der Waals surface area contributed by atoms with Crippen LogP contribution in [0.2, 0.25) is 0 Å². The van der Waals surface area contributed by atoms with E-state index in [1.807, 2.05) is 0 Å². The third kappa shape index (κ3) is 7.92. The van der Waals surface area contributed by atoms with Crippen molar-refractivity contribution >= 4 is 17.7 Å². The van der Waals surface area contributed by atoms with Crippen molar-refractivity contribution in [1.29, 1.82) is 0 Å². The molecule has 4 N–H and O–H groups in total. The van der Waals surface area contributed by atoms with E-state index >= 15 is 0 Å². The van der Waals surface area contributed by atoms with E-state index in [0.717, 1.165) is 24.3 Å². The van der Waals surface area contributed by atoms with E-state index in [0.29, 0.717) is 6.07 Å². The average Bonchev–Trinajstić information content (AvgIpc) is 3.07. The predicted octanol–water partition coefficient (Wildman–Crippen LogP) is 3.35. The maximum absolute atomic E-state index is 12.7. The normalized spacial score (nSPS) is 13.3. The van der Waals surface area contributed by atoms with Gasteiger partial charge in [-0.05, 0) is 31.5 Å². The molecule has 0 aliphatic heterocycles. The second-order valence-corrected chi connectivity index (χ2v) is 7.19. The molecule has 0 atom stereocenters. The van der Waals surface area contributed by atoms with Crippen molar-refractivity contribution < 1.29 is 36.2 Å². The lowest BCUT2D eigenvalue weighted by Gasteiger charge is -2.16. The maximum Gasteiger partial charge on any atom is 0.432 e. The highest BCUT2D eigenvalue weighted by molar-refractivity contribution is 6.04. The minimum absolute atomic E-state index is 0.216. The fraction of sp³-hybridized carbons (Fsp3) is 0.389. The Labute approximate surface area is 172 Å². The van der Waals surface area contributed by atoms with Crippen LogP contribution in [-0.2, 0) is 23.6 Å². The van der Waals surface area contributed by atoms with Crippen molar-refractivity contribution in [3.63, 3.8) is 0 Å². The Morgan fingerprint density at radius 3 is 2.19 bits per heavy atom. The summed E-state index contributed by atoms with van der Waals surface area (Å²) in [7, 11) is 0. The van der Waals surface area contributed by atoms with E-state index < -0.39 is 35.1 Å². The number of H-pyrrole nitrogens is 1. The van der Waals surface area contributed by atoms with Gasteiger partial charge in [0.15, 0.2) is 5.82 Å². The van der Waals surface area contributed by atoms with Crippen LogP contribution in [0.25, 0.3) is 0 Å². The summed E-state index contributed by atoms with van der Waals surface area (Å²) in [6.45, 7) is 2.63. The summed E-state index contributed by atoms with van der Waals surface area (Å²) >= 11 is 0. The first-order valence-corrected chi connectivity index (χ1v) is 8.76. The van der Waals surface area contributed by atoms with Crippen LogP contribution < -0.4 is 10.6 Å². The van der Waals surface area contributed by atoms with Crippen LogP contribution in [0.4, 0.5) is 32.2 Å². The number of anilines is 1. The van der Waals surface area contributed by atoms with Gasteiger partial charge >= 0.3 is 12.4 Å². The van der Waals surface area contributed by atoms with Crippen LogP contribution in [-0.4, -0.2) is 39.3 Å². The highest BCUT2D eigenvalue weighted by Gasteiger charge is 2.33. The quantitative estimate of drug-likeness (QED) is 0.318. The first kappa shape index (κ1) is 24.2. The molecule has 7 nitrogen and oxygen atoms in total. The number of aliphatic hydroxyl groups is 1. The summed E-state index contributed by atoms with van der Waals surface area (Å²) in [6.07, 6.45) is -9.50. The Balaban J connectivity index is 2.11. The van der Waals surface area contributed by atoms with E-state index in [2.05, 4.69) is 20.7 Å². The van der Waals surface area contributed by atoms with Gasteiger partial charge in [-0.3, -0.25) is 15.2 Å². The molecule has 2 aromatic rings. The van der Waals surface area contributed by atoms with Gasteiger partial charge in [0.25, 0.3) is 0 Å². The summed E-state index contributed by atoms with van der Waals surface area (Å²) in [5, 5.41) is 19.7. The fourth-order valence-electron chi connectivity index (χ4n) is 2.21. The standard InChI is InChI=1S/C18H19F6N5O2/c1-16(2,31)9-25-15(26-13-8-12(28-29-13)18(22,23)24)27-14(30)7-10-3-5-11(6-4-10)17(19,20)21/h3-6,8,31H,7,9H2,1-2H3,(H3,25,26,27,28,29,30). The molecule has 13 heteroatoms. The van der Waals surface area contributed by atoms with Crippen molar-refractivity contribution in [2.45, 2.75) is 38.2 Å². The van der Waals surface area contributed by atoms with Gasteiger partial charge in [0.05, 0.1) is 24.1 Å². The van der Waals surface area contributed by atoms with Crippen LogP contribution in [0, 0.1) is 0 Å². The van der Waals surface area contributed by atoms with Crippen molar-refractivity contribution in [1.82, 2.24) is 15.5 Å². The lowest BCUT2D eigenvalue weighted by Crippen LogP contribution is -2.38. The Morgan fingerprint density at radius 1 is 1.10 bits per heavy atom. The first-order valence-electron chi connectivity index (χ1n) is 8.76. The van der Waals surface area contributed by atoms with Gasteiger partial charge in [0, 0.05) is 6.07 Å². The molecule has 0 saturated carbocycles. The largest absolute Gasteiger partial charge is 0.432 e. The van der Waals surface area contributed by atoms with Crippen LogP contribution in [0.15, 0.2) is 35.3 Å². The molecular formula is C18H19F6N5O2. The van der Waals surface area contributed by atoms with E-state index in [9.17, 15) is 36.2 Å². The Bertz CT molecular complexity index is 927. The molecule has 31 heavy (non-hydrogen) atoms. The number of hydrogen-bond acceptors (Lipinski definition) is 4. The number of nitrogens with one attached hydrogen (secondary N) is 3. The zero-order valence-electron chi connectivity index (χ0n) is 16.3. The summed E-state index contributed by atoms with van der Waals surface area (Å²) in [4.78, 5) is 16.2. The number of rotatable bonds is 5. The molecule has 0 saturated heterocycles. The minimum Gasteiger partial charge on any atom is -0.389 e. The molecule has 1 heterocycles. The molecular weight excluding hydrogens is 432 g/mol. The number of benzene rings is 1. The van der Waals surface area contributed by atoms with Crippen LogP contribution in [0.5, 0.6) is 0 Å². The molecule has 0 unspecified atom stereocenters. The third-order valence-corrected chi connectivity index (χ3v) is 3.66. The molecule has 0 fully saturated rings. The van der Waals surface area contributed by atoms with Crippen molar-refractivity contribution in [3.05, 3.63) is 47.2 Å². The van der Waals surface area contributed by atoms with Gasteiger partial charge in [0.1, 0.15) is 5.69 Å². The molecule has 1 aromatic carbocycles. The van der Waals surface area contributed by atoms with Gasteiger partial charge in [-0.1, -0.05) is 12.1 Å². The number of carbonyl (C=O) groups excluding carboxylic acids is 1. The highest BCUT2D eigenvalue weighted by Crippen LogP contribution is 2.29. The molecule has 2 rings (SSSR count). The SMILES string of the molecule is CC(C)(O)CN=C(NC(=O)Cc1ccc(C(F)(F)F)cc1)Nc1cc(C(F)(F)F)[nH]n1. The molecule has 0 spiro atoms. The van der Waals surface area contributed by atoms with Crippen molar-refractivity contribution in [2.24, 2.45) is 4.99 Å². The smallest absolute Gasteiger partial charge is 0.389 e. The van der Waals surface area contributed by atoms with E-state index in [1.54, 1.807) is 5.10 Å².